The molecule has 348 valence electrons. The monoisotopic (exact) mass is 938 g/mol. The van der Waals surface area contributed by atoms with Gasteiger partial charge in [-0.3, -0.25) is 19.8 Å². The topological polar surface area (TPSA) is 196 Å². The van der Waals surface area contributed by atoms with E-state index < -0.39 is 36.9 Å². The van der Waals surface area contributed by atoms with Gasteiger partial charge in [-0.25, -0.2) is 13.1 Å². The summed E-state index contributed by atoms with van der Waals surface area (Å²) >= 11 is 6.27. The Hall–Kier alpha value is -5.72. The zero-order valence-corrected chi connectivity index (χ0v) is 38.7. The third-order valence-electron chi connectivity index (χ3n) is 13.5. The normalized spacial score (nSPS) is 20.2. The first-order valence-electron chi connectivity index (χ1n) is 22.4. The predicted octanol–water partition coefficient (Wildman–Crippen LogP) is 7.76. The number of halogens is 1. The van der Waals surface area contributed by atoms with Crippen molar-refractivity contribution in [1.82, 2.24) is 19.6 Å². The lowest BCUT2D eigenvalue weighted by atomic mass is 9.72. The number of hydrogen-bond acceptors (Lipinski definition) is 13. The number of sulfonamides is 1. The first-order chi connectivity index (χ1) is 31.7. The number of ether oxygens (including phenoxy) is 2. The number of hydrogen-bond donors (Lipinski definition) is 4. The number of aromatic nitrogens is 2. The van der Waals surface area contributed by atoms with Crippen LogP contribution in [0, 0.1) is 20.9 Å². The molecule has 16 nitrogen and oxygen atoms in total. The van der Waals surface area contributed by atoms with Crippen LogP contribution in [-0.4, -0.2) is 111 Å². The SMILES string of the molecule is CC1(C)CCC(CN2CCN(c3ccc(C(=O)NS(=O)(=O)c4ccc(NCC5(CO)CCOC5)c([N+](=O)[O-])c4)c(N4CCCOc5nc6[nH]ccc6cc54)c3)CC2)=C(c2ccc(Cl)cc2)C1. The number of aromatic amines is 1. The quantitative estimate of drug-likeness (QED) is 0.0661. The summed E-state index contributed by atoms with van der Waals surface area (Å²) in [5.74, 6) is -0.523. The fraction of sp³-hybridized carbons (Fsp3) is 0.417. The average Bonchev–Trinajstić information content (AvgIpc) is 3.94. The van der Waals surface area contributed by atoms with Gasteiger partial charge in [0.2, 0.25) is 5.88 Å². The molecule has 4 aliphatic rings. The molecule has 2 aromatic heterocycles. The minimum atomic E-state index is -4.62. The van der Waals surface area contributed by atoms with E-state index in [4.69, 9.17) is 26.1 Å². The van der Waals surface area contributed by atoms with Crippen LogP contribution >= 0.6 is 11.6 Å². The molecule has 18 heteroatoms. The molecule has 5 heterocycles. The Bertz CT molecular complexity index is 2780. The van der Waals surface area contributed by atoms with Gasteiger partial charge in [0.15, 0.2) is 0 Å². The van der Waals surface area contributed by atoms with Gasteiger partial charge in [0.1, 0.15) is 17.0 Å². The highest BCUT2D eigenvalue weighted by molar-refractivity contribution is 7.90. The Morgan fingerprint density at radius 2 is 1.79 bits per heavy atom. The Balaban J connectivity index is 0.990. The van der Waals surface area contributed by atoms with Crippen molar-refractivity contribution in [3.8, 4) is 5.88 Å². The van der Waals surface area contributed by atoms with Crippen LogP contribution in [-0.2, 0) is 14.8 Å². The molecular formula is C48H55ClN8O8S. The molecule has 0 bridgehead atoms. The van der Waals surface area contributed by atoms with Gasteiger partial charge in [-0.15, -0.1) is 0 Å². The highest BCUT2D eigenvalue weighted by Gasteiger charge is 2.36. The molecule has 0 radical (unpaired) electrons. The van der Waals surface area contributed by atoms with Crippen LogP contribution in [0.25, 0.3) is 16.6 Å². The Morgan fingerprint density at radius 3 is 2.53 bits per heavy atom. The summed E-state index contributed by atoms with van der Waals surface area (Å²) in [4.78, 5) is 40.1. The predicted molar refractivity (Wildman–Crippen MR) is 256 cm³/mol. The number of fused-ring (bicyclic) bond motifs is 2. The summed E-state index contributed by atoms with van der Waals surface area (Å²) in [6.07, 6.45) is 6.13. The number of aliphatic hydroxyl groups excluding tert-OH is 1. The molecule has 1 aliphatic carbocycles. The lowest BCUT2D eigenvalue weighted by molar-refractivity contribution is -0.384. The van der Waals surface area contributed by atoms with Crippen molar-refractivity contribution < 1.29 is 32.7 Å². The van der Waals surface area contributed by atoms with E-state index in [1.165, 1.54) is 28.8 Å². The van der Waals surface area contributed by atoms with Crippen molar-refractivity contribution >= 4 is 72.6 Å². The van der Waals surface area contributed by atoms with Gasteiger partial charge in [0, 0.05) is 86.2 Å². The number of aliphatic hydroxyl groups is 1. The van der Waals surface area contributed by atoms with Crippen LogP contribution in [0.4, 0.5) is 28.4 Å². The van der Waals surface area contributed by atoms with E-state index in [0.717, 1.165) is 74.1 Å². The summed E-state index contributed by atoms with van der Waals surface area (Å²) in [6, 6.07) is 20.9. The number of H-pyrrole nitrogens is 1. The molecule has 3 aromatic carbocycles. The number of rotatable bonds is 13. The number of nitrogens with zero attached hydrogens (tertiary/aromatic N) is 5. The van der Waals surface area contributed by atoms with Gasteiger partial charge < -0.3 is 34.7 Å². The lowest BCUT2D eigenvalue weighted by Gasteiger charge is -2.39. The second kappa shape index (κ2) is 18.5. The number of allylic oxidation sites excluding steroid dienone is 1. The number of pyridine rings is 1. The number of carbonyl (C=O) groups is 1. The number of carbonyl (C=O) groups excluding carboxylic acids is 1. The van der Waals surface area contributed by atoms with E-state index in [-0.39, 0.29) is 36.4 Å². The van der Waals surface area contributed by atoms with Crippen LogP contribution in [0.3, 0.4) is 0 Å². The van der Waals surface area contributed by atoms with Crippen LogP contribution in [0.2, 0.25) is 5.02 Å². The number of anilines is 4. The minimum Gasteiger partial charge on any atom is -0.476 e. The summed E-state index contributed by atoms with van der Waals surface area (Å²) in [5.41, 5.74) is 6.00. The molecule has 0 spiro atoms. The highest BCUT2D eigenvalue weighted by atomic mass is 35.5. The minimum absolute atomic E-state index is 0.0775. The van der Waals surface area contributed by atoms with Crippen molar-refractivity contribution in [2.45, 2.75) is 50.8 Å². The molecule has 0 saturated carbocycles. The molecule has 3 aliphatic heterocycles. The van der Waals surface area contributed by atoms with Gasteiger partial charge in [-0.05, 0) is 103 Å². The van der Waals surface area contributed by atoms with Crippen molar-refractivity contribution in [3.05, 3.63) is 111 Å². The maximum absolute atomic E-state index is 14.4. The van der Waals surface area contributed by atoms with E-state index in [1.54, 1.807) is 12.3 Å². The van der Waals surface area contributed by atoms with E-state index in [0.29, 0.717) is 55.5 Å². The van der Waals surface area contributed by atoms with Gasteiger partial charge in [-0.2, -0.15) is 4.98 Å². The Labute approximate surface area is 389 Å². The second-order valence-corrected chi connectivity index (χ2v) is 20.8. The molecule has 9 rings (SSSR count). The zero-order chi connectivity index (χ0) is 46.2. The fourth-order valence-electron chi connectivity index (χ4n) is 9.51. The van der Waals surface area contributed by atoms with Crippen molar-refractivity contribution in [3.63, 3.8) is 0 Å². The fourth-order valence-corrected chi connectivity index (χ4v) is 10.6. The van der Waals surface area contributed by atoms with Gasteiger partial charge in [0.25, 0.3) is 21.6 Å². The van der Waals surface area contributed by atoms with Crippen LogP contribution in [0.1, 0.15) is 61.9 Å². The Kier molecular flexibility index (Phi) is 12.7. The summed E-state index contributed by atoms with van der Waals surface area (Å²) in [5, 5.41) is 26.8. The number of piperazine rings is 1. The molecule has 66 heavy (non-hydrogen) atoms. The summed E-state index contributed by atoms with van der Waals surface area (Å²) in [6.45, 7) is 10.2. The second-order valence-electron chi connectivity index (χ2n) is 18.7. The average molecular weight is 940 g/mol. The first-order valence-corrected chi connectivity index (χ1v) is 24.3. The summed E-state index contributed by atoms with van der Waals surface area (Å²) in [7, 11) is -4.62. The van der Waals surface area contributed by atoms with Crippen LogP contribution < -0.4 is 24.6 Å². The third-order valence-corrected chi connectivity index (χ3v) is 15.0. The molecule has 4 N–H and O–H groups in total. The largest absolute Gasteiger partial charge is 0.476 e. The zero-order valence-electron chi connectivity index (χ0n) is 37.1. The number of nitrogens with one attached hydrogen (secondary N) is 3. The van der Waals surface area contributed by atoms with Crippen LogP contribution in [0.5, 0.6) is 5.88 Å². The van der Waals surface area contributed by atoms with E-state index in [2.05, 4.69) is 50.8 Å². The molecular weight excluding hydrogens is 884 g/mol. The maximum atomic E-state index is 14.4. The first kappa shape index (κ1) is 45.4. The molecule has 5 aromatic rings. The third kappa shape index (κ3) is 9.58. The van der Waals surface area contributed by atoms with E-state index >= 15 is 0 Å². The maximum Gasteiger partial charge on any atom is 0.293 e. The summed E-state index contributed by atoms with van der Waals surface area (Å²) < 4.78 is 41.7. The standard InChI is InChI=1S/C48H55ClN8O8S/c1-47(2)14-12-34(39(27-47)32-4-6-35(49)7-5-32)28-54-18-20-55(21-19-54)36-8-10-38(41(25-36)56-17-3-22-65-46-43(56)24-33-13-16-50-44(33)52-46)45(59)53-66(62,63)37-9-11-40(42(26-37)57(60)61)51-29-48(30-58)15-23-64-31-48/h4-11,13,16,24-26,51,58H,3,12,14-15,17-23,27-31H2,1-2H3,(H,50,52)(H,53,59). The van der Waals surface area contributed by atoms with Crippen molar-refractivity contribution in [2.75, 3.05) is 87.4 Å². The number of nitro benzene ring substituents is 1. The lowest BCUT2D eigenvalue weighted by Crippen LogP contribution is -2.47. The molecule has 1 unspecified atom stereocenters. The molecule has 1 amide bonds. The molecule has 1 atom stereocenters. The Morgan fingerprint density at radius 1 is 0.985 bits per heavy atom. The van der Waals surface area contributed by atoms with Crippen LogP contribution in [0.15, 0.2) is 89.5 Å². The van der Waals surface area contributed by atoms with E-state index in [1.807, 2.05) is 41.3 Å². The van der Waals surface area contributed by atoms with Crippen molar-refractivity contribution in [1.29, 1.82) is 0 Å². The molecule has 2 saturated heterocycles. The smallest absolute Gasteiger partial charge is 0.293 e. The molecule has 2 fully saturated rings. The van der Waals surface area contributed by atoms with E-state index in [9.17, 15) is 28.4 Å². The van der Waals surface area contributed by atoms with Crippen molar-refractivity contribution in [2.24, 2.45) is 10.8 Å². The van der Waals surface area contributed by atoms with Gasteiger partial charge in [-0.1, -0.05) is 43.2 Å². The number of nitro groups is 1. The number of benzene rings is 3. The van der Waals surface area contributed by atoms with Gasteiger partial charge >= 0.3 is 0 Å². The van der Waals surface area contributed by atoms with Gasteiger partial charge in [0.05, 0.1) is 40.9 Å². The number of amides is 1. The highest BCUT2D eigenvalue weighted by Crippen LogP contribution is 2.44.